The number of rotatable bonds is 3. The number of anilines is 1. The van der Waals surface area contributed by atoms with E-state index in [0.717, 1.165) is 11.6 Å². The molecule has 1 aliphatic carbocycles. The Hall–Kier alpha value is -0.570. The number of hydrogen-bond donors (Lipinski definition) is 1. The van der Waals surface area contributed by atoms with Crippen LogP contribution in [0.5, 0.6) is 0 Å². The van der Waals surface area contributed by atoms with Gasteiger partial charge < -0.3 is 5.32 Å². The number of benzene rings is 1. The first kappa shape index (κ1) is 11.9. The zero-order valence-electron chi connectivity index (χ0n) is 9.47. The average Bonchev–Trinajstić information content (AvgIpc) is 2.77. The van der Waals surface area contributed by atoms with Gasteiger partial charge in [0, 0.05) is 11.7 Å². The van der Waals surface area contributed by atoms with Crippen LogP contribution in [0.15, 0.2) is 22.7 Å². The molecule has 1 N–H and O–H groups in total. The minimum atomic E-state index is -0.209. The lowest BCUT2D eigenvalue weighted by Gasteiger charge is -2.21. The Bertz CT molecular complexity index is 361. The van der Waals surface area contributed by atoms with E-state index in [4.69, 9.17) is 0 Å². The maximum atomic E-state index is 13.1. The molecule has 1 unspecified atom stereocenters. The van der Waals surface area contributed by atoms with E-state index in [9.17, 15) is 4.39 Å². The standard InChI is InChI=1S/C13H17BrFN/c1-9(10-4-2-3-5-10)16-11-6-7-13(15)12(14)8-11/h6-10,16H,2-5H2,1H3. The fourth-order valence-electron chi connectivity index (χ4n) is 2.42. The van der Waals surface area contributed by atoms with E-state index in [0.29, 0.717) is 10.5 Å². The summed E-state index contributed by atoms with van der Waals surface area (Å²) in [5.41, 5.74) is 0.993. The summed E-state index contributed by atoms with van der Waals surface area (Å²) in [7, 11) is 0. The van der Waals surface area contributed by atoms with Crippen molar-refractivity contribution in [2.45, 2.75) is 38.6 Å². The van der Waals surface area contributed by atoms with Crippen molar-refractivity contribution < 1.29 is 4.39 Å². The third kappa shape index (κ3) is 2.76. The average molecular weight is 286 g/mol. The summed E-state index contributed by atoms with van der Waals surface area (Å²) in [6.45, 7) is 2.22. The van der Waals surface area contributed by atoms with Crippen LogP contribution in [0.25, 0.3) is 0 Å². The van der Waals surface area contributed by atoms with Crippen molar-refractivity contribution in [1.82, 2.24) is 0 Å². The van der Waals surface area contributed by atoms with Crippen molar-refractivity contribution in [2.24, 2.45) is 5.92 Å². The molecule has 1 aromatic rings. The summed E-state index contributed by atoms with van der Waals surface area (Å²) in [5.74, 6) is 0.558. The van der Waals surface area contributed by atoms with Gasteiger partial charge in [0.1, 0.15) is 5.82 Å². The predicted molar refractivity (Wildman–Crippen MR) is 69.1 cm³/mol. The fourth-order valence-corrected chi connectivity index (χ4v) is 2.80. The van der Waals surface area contributed by atoms with Gasteiger partial charge >= 0.3 is 0 Å². The minimum absolute atomic E-state index is 0.209. The second kappa shape index (κ2) is 5.17. The van der Waals surface area contributed by atoms with Crippen LogP contribution in [0.3, 0.4) is 0 Å². The van der Waals surface area contributed by atoms with Crippen LogP contribution in [0.1, 0.15) is 32.6 Å². The number of hydrogen-bond acceptors (Lipinski definition) is 1. The van der Waals surface area contributed by atoms with E-state index >= 15 is 0 Å². The highest BCUT2D eigenvalue weighted by atomic mass is 79.9. The number of halogens is 2. The zero-order valence-corrected chi connectivity index (χ0v) is 11.1. The van der Waals surface area contributed by atoms with Gasteiger partial charge in [0.15, 0.2) is 0 Å². The Morgan fingerprint density at radius 2 is 2.06 bits per heavy atom. The summed E-state index contributed by atoms with van der Waals surface area (Å²) in [6, 6.07) is 5.57. The predicted octanol–water partition coefficient (Wildman–Crippen LogP) is 4.58. The SMILES string of the molecule is CC(Nc1ccc(F)c(Br)c1)C1CCCC1. The summed E-state index contributed by atoms with van der Waals surface area (Å²) >= 11 is 3.20. The largest absolute Gasteiger partial charge is 0.382 e. The van der Waals surface area contributed by atoms with Gasteiger partial charge in [0.2, 0.25) is 0 Å². The molecule has 16 heavy (non-hydrogen) atoms. The van der Waals surface area contributed by atoms with E-state index in [-0.39, 0.29) is 5.82 Å². The van der Waals surface area contributed by atoms with Gasteiger partial charge in [-0.15, -0.1) is 0 Å². The van der Waals surface area contributed by atoms with Crippen LogP contribution >= 0.6 is 15.9 Å². The molecule has 0 aromatic heterocycles. The van der Waals surface area contributed by atoms with Crippen LogP contribution < -0.4 is 5.32 Å². The molecule has 2 rings (SSSR count). The molecular formula is C13H17BrFN. The van der Waals surface area contributed by atoms with E-state index < -0.39 is 0 Å². The zero-order chi connectivity index (χ0) is 11.5. The molecule has 1 nitrogen and oxygen atoms in total. The first-order valence-electron chi connectivity index (χ1n) is 5.88. The third-order valence-corrected chi connectivity index (χ3v) is 4.03. The Balaban J connectivity index is 1.99. The molecule has 1 saturated carbocycles. The second-order valence-electron chi connectivity index (χ2n) is 4.61. The van der Waals surface area contributed by atoms with Crippen LogP contribution in [0.2, 0.25) is 0 Å². The molecule has 0 spiro atoms. The smallest absolute Gasteiger partial charge is 0.137 e. The van der Waals surface area contributed by atoms with Gasteiger partial charge in [-0.3, -0.25) is 0 Å². The van der Waals surface area contributed by atoms with Gasteiger partial charge in [-0.25, -0.2) is 4.39 Å². The highest BCUT2D eigenvalue weighted by Crippen LogP contribution is 2.30. The van der Waals surface area contributed by atoms with Crippen LogP contribution in [0, 0.1) is 11.7 Å². The summed E-state index contributed by atoms with van der Waals surface area (Å²) in [5, 5.41) is 3.46. The first-order valence-corrected chi connectivity index (χ1v) is 6.67. The molecule has 0 radical (unpaired) electrons. The van der Waals surface area contributed by atoms with Gasteiger partial charge in [-0.1, -0.05) is 12.8 Å². The lowest BCUT2D eigenvalue weighted by molar-refractivity contribution is 0.482. The molecule has 1 aliphatic rings. The maximum Gasteiger partial charge on any atom is 0.137 e. The van der Waals surface area contributed by atoms with Crippen molar-refractivity contribution in [2.75, 3.05) is 5.32 Å². The van der Waals surface area contributed by atoms with E-state index in [2.05, 4.69) is 28.2 Å². The van der Waals surface area contributed by atoms with E-state index in [1.54, 1.807) is 12.1 Å². The molecule has 1 fully saturated rings. The number of nitrogens with one attached hydrogen (secondary N) is 1. The summed E-state index contributed by atoms with van der Waals surface area (Å²) in [4.78, 5) is 0. The third-order valence-electron chi connectivity index (χ3n) is 3.42. The molecule has 0 saturated heterocycles. The maximum absolute atomic E-state index is 13.1. The Morgan fingerprint density at radius 1 is 1.38 bits per heavy atom. The molecule has 3 heteroatoms. The van der Waals surface area contributed by atoms with Gasteiger partial charge in [-0.05, 0) is 59.8 Å². The monoisotopic (exact) mass is 285 g/mol. The molecule has 1 aromatic carbocycles. The van der Waals surface area contributed by atoms with Gasteiger partial charge in [0.25, 0.3) is 0 Å². The molecule has 1 atom stereocenters. The minimum Gasteiger partial charge on any atom is -0.382 e. The highest BCUT2D eigenvalue weighted by molar-refractivity contribution is 9.10. The van der Waals surface area contributed by atoms with Gasteiger partial charge in [-0.2, -0.15) is 0 Å². The Morgan fingerprint density at radius 3 is 2.69 bits per heavy atom. The highest BCUT2D eigenvalue weighted by Gasteiger charge is 2.21. The Kier molecular flexibility index (Phi) is 3.85. The van der Waals surface area contributed by atoms with Crippen molar-refractivity contribution >= 4 is 21.6 Å². The lowest BCUT2D eigenvalue weighted by Crippen LogP contribution is -2.23. The van der Waals surface area contributed by atoms with E-state index in [1.807, 2.05) is 0 Å². The molecular weight excluding hydrogens is 269 g/mol. The normalized spacial score (nSPS) is 18.7. The fraction of sp³-hybridized carbons (Fsp3) is 0.538. The van der Waals surface area contributed by atoms with Crippen LogP contribution in [-0.4, -0.2) is 6.04 Å². The van der Waals surface area contributed by atoms with Crippen molar-refractivity contribution in [3.63, 3.8) is 0 Å². The molecule has 88 valence electrons. The van der Waals surface area contributed by atoms with Crippen molar-refractivity contribution in [3.05, 3.63) is 28.5 Å². The molecule has 0 amide bonds. The van der Waals surface area contributed by atoms with Crippen molar-refractivity contribution in [3.8, 4) is 0 Å². The van der Waals surface area contributed by atoms with Gasteiger partial charge in [0.05, 0.1) is 4.47 Å². The topological polar surface area (TPSA) is 12.0 Å². The first-order chi connectivity index (χ1) is 7.66. The quantitative estimate of drug-likeness (QED) is 0.857. The Labute approximate surface area is 105 Å². The van der Waals surface area contributed by atoms with E-state index in [1.165, 1.54) is 31.7 Å². The van der Waals surface area contributed by atoms with Crippen molar-refractivity contribution in [1.29, 1.82) is 0 Å². The summed E-state index contributed by atoms with van der Waals surface area (Å²) in [6.07, 6.45) is 5.33. The molecule has 0 heterocycles. The second-order valence-corrected chi connectivity index (χ2v) is 5.46. The molecule has 0 bridgehead atoms. The lowest BCUT2D eigenvalue weighted by atomic mass is 9.99. The molecule has 0 aliphatic heterocycles. The van der Waals surface area contributed by atoms with Crippen LogP contribution in [-0.2, 0) is 0 Å². The summed E-state index contributed by atoms with van der Waals surface area (Å²) < 4.78 is 13.6. The van der Waals surface area contributed by atoms with Crippen LogP contribution in [0.4, 0.5) is 10.1 Å².